The zero-order chi connectivity index (χ0) is 26.7. The van der Waals surface area contributed by atoms with Crippen LogP contribution in [0.15, 0.2) is 66.9 Å². The van der Waals surface area contributed by atoms with E-state index in [9.17, 15) is 13.2 Å². The van der Waals surface area contributed by atoms with Gasteiger partial charge in [0.05, 0.1) is 34.3 Å². The number of alkyl halides is 3. The van der Waals surface area contributed by atoms with Crippen molar-refractivity contribution < 1.29 is 22.5 Å². The van der Waals surface area contributed by atoms with Gasteiger partial charge in [-0.25, -0.2) is 4.57 Å². The molecule has 0 unspecified atom stereocenters. The molecule has 0 spiro atoms. The number of para-hydroxylation sites is 1. The fourth-order valence-corrected chi connectivity index (χ4v) is 6.46. The van der Waals surface area contributed by atoms with Crippen molar-refractivity contribution in [3.63, 3.8) is 0 Å². The van der Waals surface area contributed by atoms with Crippen LogP contribution in [0.2, 0.25) is 0 Å². The van der Waals surface area contributed by atoms with Crippen molar-refractivity contribution >= 4 is 59.8 Å². The van der Waals surface area contributed by atoms with Crippen molar-refractivity contribution in [3.05, 3.63) is 78.0 Å². The second kappa shape index (κ2) is 7.28. The largest absolute Gasteiger partial charge is 0.494 e. The number of ether oxygens (including phenoxy) is 1. The average Bonchev–Trinajstić information content (AvgIpc) is 3.24. The molecule has 0 amide bonds. The lowest BCUT2D eigenvalue weighted by Gasteiger charge is -2.30. The number of hydrogen-bond donors (Lipinski definition) is 0. The Kier molecular flexibility index (Phi) is 4.42. The van der Waals surface area contributed by atoms with Gasteiger partial charge in [0, 0.05) is 22.2 Å². The fourth-order valence-electron chi connectivity index (χ4n) is 6.46. The molecular weight excluding hydrogens is 485 g/mol. The predicted octanol–water partition coefficient (Wildman–Crippen LogP) is 8.12. The van der Waals surface area contributed by atoms with Gasteiger partial charge in [-0.2, -0.15) is 13.2 Å². The van der Waals surface area contributed by atoms with Crippen molar-refractivity contribution in [1.29, 1.82) is 0 Å². The van der Waals surface area contributed by atoms with Crippen molar-refractivity contribution in [3.8, 4) is 5.75 Å². The second-order valence-corrected chi connectivity index (χ2v) is 10.8. The molecule has 38 heavy (non-hydrogen) atoms. The van der Waals surface area contributed by atoms with Crippen LogP contribution in [0, 0.1) is 6.92 Å². The first-order valence-electron chi connectivity index (χ1n) is 12.6. The maximum atomic E-state index is 14.6. The van der Waals surface area contributed by atoms with Crippen LogP contribution in [0.3, 0.4) is 0 Å². The Bertz CT molecular complexity index is 2100. The maximum Gasteiger partial charge on any atom is 0.397 e. The van der Waals surface area contributed by atoms with Crippen molar-refractivity contribution in [1.82, 2.24) is 4.40 Å². The summed E-state index contributed by atoms with van der Waals surface area (Å²) in [5.74, 6) is 0.715. The number of rotatable bonds is 2. The lowest BCUT2D eigenvalue weighted by atomic mass is 9.80. The number of aryl methyl sites for hydroxylation is 2. The smallest absolute Gasteiger partial charge is 0.397 e. The van der Waals surface area contributed by atoms with Crippen LogP contribution < -0.4 is 9.30 Å². The molecule has 0 atom stereocenters. The van der Waals surface area contributed by atoms with Crippen LogP contribution >= 0.6 is 0 Å². The van der Waals surface area contributed by atoms with E-state index in [1.54, 1.807) is 13.2 Å². The molecule has 190 valence electrons. The van der Waals surface area contributed by atoms with E-state index in [2.05, 4.69) is 22.0 Å². The predicted molar refractivity (Wildman–Crippen MR) is 148 cm³/mol. The number of pyridine rings is 2. The first kappa shape index (κ1) is 23.1. The average molecular weight is 512 g/mol. The van der Waals surface area contributed by atoms with Gasteiger partial charge in [-0.05, 0) is 54.8 Å². The molecule has 0 bridgehead atoms. The molecule has 6 heteroatoms. The van der Waals surface area contributed by atoms with Gasteiger partial charge >= 0.3 is 6.18 Å². The zero-order valence-corrected chi connectivity index (χ0v) is 21.8. The molecule has 4 aromatic carbocycles. The summed E-state index contributed by atoms with van der Waals surface area (Å²) in [5.41, 5.74) is 2.84. The topological polar surface area (TPSA) is 17.5 Å². The van der Waals surface area contributed by atoms with Crippen molar-refractivity contribution in [2.24, 2.45) is 7.05 Å². The van der Waals surface area contributed by atoms with Crippen molar-refractivity contribution in [2.45, 2.75) is 32.4 Å². The molecule has 3 nitrogen and oxygen atoms in total. The molecule has 0 fully saturated rings. The first-order chi connectivity index (χ1) is 18.1. The van der Waals surface area contributed by atoms with Gasteiger partial charge in [0.2, 0.25) is 5.52 Å². The van der Waals surface area contributed by atoms with E-state index in [1.165, 1.54) is 13.8 Å². The standard InChI is InChI=1S/C32H26F3N2O/c1-17-19-10-6-7-11-20(19)30(38-5)29-24(17)27-25-18(14-15-36(27)4)16-22(31(2,3)32(33,34)35)26-21-12-8-9-13-23(21)37(29)28(25)26/h6-16H,1-5H3/q+1. The van der Waals surface area contributed by atoms with Gasteiger partial charge in [0.1, 0.15) is 12.6 Å². The van der Waals surface area contributed by atoms with Crippen molar-refractivity contribution in [2.75, 3.05) is 7.11 Å². The monoisotopic (exact) mass is 511 g/mol. The van der Waals surface area contributed by atoms with Gasteiger partial charge in [-0.1, -0.05) is 42.5 Å². The number of benzene rings is 4. The van der Waals surface area contributed by atoms with E-state index < -0.39 is 11.6 Å². The number of methoxy groups -OCH3 is 1. The summed E-state index contributed by atoms with van der Waals surface area (Å²) in [6, 6.07) is 19.6. The summed E-state index contributed by atoms with van der Waals surface area (Å²) in [4.78, 5) is 0. The molecule has 0 radical (unpaired) electrons. The Hall–Kier alpha value is -4.06. The van der Waals surface area contributed by atoms with Gasteiger partial charge < -0.3 is 9.14 Å². The maximum absolute atomic E-state index is 14.6. The number of halogens is 3. The Labute approximate surface area is 217 Å². The molecule has 7 aromatic rings. The van der Waals surface area contributed by atoms with Gasteiger partial charge in [-0.15, -0.1) is 0 Å². The van der Waals surface area contributed by atoms with E-state index in [-0.39, 0.29) is 5.56 Å². The van der Waals surface area contributed by atoms with E-state index in [0.29, 0.717) is 11.1 Å². The van der Waals surface area contributed by atoms with Gasteiger partial charge in [-0.3, -0.25) is 0 Å². The number of fused-ring (bicyclic) bond motifs is 7. The van der Waals surface area contributed by atoms with Crippen LogP contribution in [0.1, 0.15) is 25.0 Å². The lowest BCUT2D eigenvalue weighted by molar-refractivity contribution is -0.643. The first-order valence-corrected chi connectivity index (χ1v) is 12.6. The van der Waals surface area contributed by atoms with E-state index >= 15 is 0 Å². The summed E-state index contributed by atoms with van der Waals surface area (Å²) in [6.07, 6.45) is -2.48. The van der Waals surface area contributed by atoms with E-state index in [4.69, 9.17) is 4.74 Å². The third-order valence-corrected chi connectivity index (χ3v) is 8.49. The highest BCUT2D eigenvalue weighted by atomic mass is 19.4. The highest BCUT2D eigenvalue weighted by Crippen LogP contribution is 2.51. The highest BCUT2D eigenvalue weighted by Gasteiger charge is 2.50. The van der Waals surface area contributed by atoms with E-state index in [1.807, 2.05) is 61.8 Å². The molecule has 0 saturated carbocycles. The molecule has 0 aliphatic carbocycles. The Morgan fingerprint density at radius 3 is 2.16 bits per heavy atom. The fraction of sp³-hybridized carbons (Fsp3) is 0.219. The second-order valence-electron chi connectivity index (χ2n) is 10.8. The molecule has 3 heterocycles. The molecule has 3 aromatic heterocycles. The Morgan fingerprint density at radius 1 is 0.816 bits per heavy atom. The third-order valence-electron chi connectivity index (χ3n) is 8.49. The number of nitrogens with zero attached hydrogens (tertiary/aromatic N) is 2. The summed E-state index contributed by atoms with van der Waals surface area (Å²) >= 11 is 0. The molecule has 0 aliphatic rings. The van der Waals surface area contributed by atoms with Crippen LogP contribution in [0.4, 0.5) is 13.2 Å². The summed E-state index contributed by atoms with van der Waals surface area (Å²) in [7, 11) is 3.66. The molecule has 7 rings (SSSR count). The Balaban J connectivity index is 1.94. The molecule has 0 saturated heterocycles. The zero-order valence-electron chi connectivity index (χ0n) is 21.8. The van der Waals surface area contributed by atoms with Gasteiger partial charge in [0.15, 0.2) is 11.9 Å². The lowest BCUT2D eigenvalue weighted by Crippen LogP contribution is -2.36. The third kappa shape index (κ3) is 2.62. The Morgan fingerprint density at radius 2 is 1.47 bits per heavy atom. The minimum atomic E-state index is -4.43. The summed E-state index contributed by atoms with van der Waals surface area (Å²) in [6.45, 7) is 4.68. The molecule has 0 aliphatic heterocycles. The van der Waals surface area contributed by atoms with Crippen LogP contribution in [0.5, 0.6) is 5.75 Å². The minimum Gasteiger partial charge on any atom is -0.494 e. The highest BCUT2D eigenvalue weighted by molar-refractivity contribution is 6.30. The summed E-state index contributed by atoms with van der Waals surface area (Å²) in [5, 5.41) is 6.28. The number of aromatic nitrogens is 2. The summed E-state index contributed by atoms with van der Waals surface area (Å²) < 4.78 is 54.0. The normalized spacial score (nSPS) is 13.3. The van der Waals surface area contributed by atoms with E-state index in [0.717, 1.165) is 59.9 Å². The molecule has 0 N–H and O–H groups in total. The van der Waals surface area contributed by atoms with Crippen LogP contribution in [-0.4, -0.2) is 17.7 Å². The van der Waals surface area contributed by atoms with Gasteiger partial charge in [0.25, 0.3) is 0 Å². The minimum absolute atomic E-state index is 0.280. The quantitative estimate of drug-likeness (QED) is 0.130. The van der Waals surface area contributed by atoms with Crippen LogP contribution in [0.25, 0.3) is 59.8 Å². The van der Waals surface area contributed by atoms with Crippen LogP contribution in [-0.2, 0) is 12.5 Å². The molecular formula is C32H26F3N2O+. The SMILES string of the molecule is COc1c2ccccc2c(C)c2c1n1c3ccccc3c3c(C(C)(C)C(F)(F)F)cc4cc[n+](C)c2c4c31. The number of hydrogen-bond acceptors (Lipinski definition) is 1.